The summed E-state index contributed by atoms with van der Waals surface area (Å²) in [4.78, 5) is 10.8. The fraction of sp³-hybridized carbons (Fsp3) is 0.917. The van der Waals surface area contributed by atoms with Crippen molar-refractivity contribution in [1.82, 2.24) is 9.03 Å². The number of hydrogen-bond donors (Lipinski definition) is 2. The number of nitrogens with one attached hydrogen (secondary N) is 1. The summed E-state index contributed by atoms with van der Waals surface area (Å²) in [7, 11) is -3.50. The molecule has 2 N–H and O–H groups in total. The number of nitrogens with zero attached hydrogens (tertiary/aromatic N) is 1. The number of aliphatic carboxylic acids is 1. The van der Waals surface area contributed by atoms with Crippen LogP contribution < -0.4 is 4.72 Å². The summed E-state index contributed by atoms with van der Waals surface area (Å²) in [6.45, 7) is 6.46. The van der Waals surface area contributed by atoms with Gasteiger partial charge >= 0.3 is 5.97 Å². The lowest BCUT2D eigenvalue weighted by molar-refractivity contribution is -0.142. The van der Waals surface area contributed by atoms with Crippen LogP contribution in [0.4, 0.5) is 0 Å². The molecule has 1 aliphatic rings. The average molecular weight is 292 g/mol. The van der Waals surface area contributed by atoms with E-state index in [0.29, 0.717) is 12.8 Å². The molecule has 112 valence electrons. The molecule has 0 aromatic rings. The molecule has 0 aromatic heterocycles. The topological polar surface area (TPSA) is 86.7 Å². The molecule has 0 amide bonds. The average Bonchev–Trinajstić information content (AvgIpc) is 2.35. The lowest BCUT2D eigenvalue weighted by Crippen LogP contribution is -2.50. The molecule has 1 rings (SSSR count). The van der Waals surface area contributed by atoms with E-state index < -0.39 is 22.1 Å². The van der Waals surface area contributed by atoms with Crippen molar-refractivity contribution in [2.24, 2.45) is 11.8 Å². The van der Waals surface area contributed by atoms with Crippen molar-refractivity contribution in [1.29, 1.82) is 0 Å². The molecule has 1 saturated heterocycles. The van der Waals surface area contributed by atoms with Crippen molar-refractivity contribution in [3.63, 3.8) is 0 Å². The molecule has 0 aromatic carbocycles. The maximum atomic E-state index is 12.2. The van der Waals surface area contributed by atoms with Crippen molar-refractivity contribution in [2.45, 2.75) is 46.1 Å². The minimum atomic E-state index is -3.50. The van der Waals surface area contributed by atoms with Gasteiger partial charge in [0.2, 0.25) is 0 Å². The largest absolute Gasteiger partial charge is 0.481 e. The van der Waals surface area contributed by atoms with E-state index in [9.17, 15) is 13.2 Å². The highest BCUT2D eigenvalue weighted by molar-refractivity contribution is 7.87. The summed E-state index contributed by atoms with van der Waals surface area (Å²) in [6, 6.07) is -0.0813. The van der Waals surface area contributed by atoms with Gasteiger partial charge in [-0.3, -0.25) is 4.79 Å². The first-order valence-corrected chi connectivity index (χ1v) is 8.22. The number of carboxylic acids is 1. The molecule has 6 nitrogen and oxygen atoms in total. The van der Waals surface area contributed by atoms with E-state index in [1.165, 1.54) is 4.31 Å². The van der Waals surface area contributed by atoms with Gasteiger partial charge in [0, 0.05) is 19.1 Å². The Bertz CT molecular complexity index is 400. The van der Waals surface area contributed by atoms with Gasteiger partial charge in [0.1, 0.15) is 0 Å². The first kappa shape index (κ1) is 16.4. The Hall–Kier alpha value is -0.660. The van der Waals surface area contributed by atoms with Crippen LogP contribution in [0.25, 0.3) is 0 Å². The van der Waals surface area contributed by atoms with Crippen LogP contribution in [0.1, 0.15) is 40.0 Å². The Balaban J connectivity index is 2.62. The smallest absolute Gasteiger partial charge is 0.306 e. The molecule has 1 unspecified atom stereocenters. The fourth-order valence-corrected chi connectivity index (χ4v) is 3.96. The van der Waals surface area contributed by atoms with Gasteiger partial charge in [-0.05, 0) is 25.2 Å². The van der Waals surface area contributed by atoms with Crippen LogP contribution >= 0.6 is 0 Å². The van der Waals surface area contributed by atoms with Crippen molar-refractivity contribution >= 4 is 16.2 Å². The SMILES string of the molecule is CCC(NS(=O)(=O)N1CCC(C(=O)O)CC1)C(C)C. The number of carbonyl (C=O) groups is 1. The van der Waals surface area contributed by atoms with E-state index in [4.69, 9.17) is 5.11 Å². The summed E-state index contributed by atoms with van der Waals surface area (Å²) >= 11 is 0. The lowest BCUT2D eigenvalue weighted by Gasteiger charge is -2.31. The number of carboxylic acid groups (broad SMARTS) is 1. The number of rotatable bonds is 6. The summed E-state index contributed by atoms with van der Waals surface area (Å²) in [5.74, 6) is -1.02. The molecule has 1 heterocycles. The highest BCUT2D eigenvalue weighted by Gasteiger charge is 2.32. The predicted octanol–water partition coefficient (Wildman–Crippen LogP) is 1.05. The second-order valence-electron chi connectivity index (χ2n) is 5.39. The lowest BCUT2D eigenvalue weighted by atomic mass is 9.99. The third kappa shape index (κ3) is 4.43. The van der Waals surface area contributed by atoms with Crippen LogP contribution in [-0.4, -0.2) is 42.9 Å². The van der Waals surface area contributed by atoms with E-state index in [0.717, 1.165) is 6.42 Å². The first-order valence-electron chi connectivity index (χ1n) is 6.78. The predicted molar refractivity (Wildman–Crippen MR) is 72.9 cm³/mol. The van der Waals surface area contributed by atoms with Gasteiger partial charge in [-0.25, -0.2) is 0 Å². The minimum absolute atomic E-state index is 0.0813. The maximum Gasteiger partial charge on any atom is 0.306 e. The van der Waals surface area contributed by atoms with Crippen LogP contribution in [0.15, 0.2) is 0 Å². The van der Waals surface area contributed by atoms with Gasteiger partial charge in [-0.2, -0.15) is 17.4 Å². The quantitative estimate of drug-likeness (QED) is 0.766. The second kappa shape index (κ2) is 6.67. The van der Waals surface area contributed by atoms with Gasteiger partial charge in [-0.1, -0.05) is 20.8 Å². The zero-order valence-electron chi connectivity index (χ0n) is 11.8. The third-order valence-corrected chi connectivity index (χ3v) is 5.33. The number of hydrogen-bond acceptors (Lipinski definition) is 3. The Labute approximate surface area is 115 Å². The van der Waals surface area contributed by atoms with Crippen LogP contribution in [-0.2, 0) is 15.0 Å². The molecule has 0 bridgehead atoms. The highest BCUT2D eigenvalue weighted by Crippen LogP contribution is 2.20. The molecule has 7 heteroatoms. The van der Waals surface area contributed by atoms with Crippen molar-refractivity contribution < 1.29 is 18.3 Å². The van der Waals surface area contributed by atoms with Gasteiger partial charge in [-0.15, -0.1) is 0 Å². The zero-order chi connectivity index (χ0) is 14.6. The van der Waals surface area contributed by atoms with E-state index in [-0.39, 0.29) is 25.0 Å². The molecule has 0 aliphatic carbocycles. The van der Waals surface area contributed by atoms with E-state index in [1.807, 2.05) is 20.8 Å². The molecular weight excluding hydrogens is 268 g/mol. The second-order valence-corrected chi connectivity index (χ2v) is 7.10. The molecule has 1 aliphatic heterocycles. The van der Waals surface area contributed by atoms with Crippen molar-refractivity contribution in [2.75, 3.05) is 13.1 Å². The summed E-state index contributed by atoms with van der Waals surface area (Å²) in [5.41, 5.74) is 0. The van der Waals surface area contributed by atoms with Crippen molar-refractivity contribution in [3.8, 4) is 0 Å². The van der Waals surface area contributed by atoms with Crippen LogP contribution in [0.5, 0.6) is 0 Å². The summed E-state index contributed by atoms with van der Waals surface area (Å²) in [5, 5.41) is 8.90. The van der Waals surface area contributed by atoms with Crippen molar-refractivity contribution in [3.05, 3.63) is 0 Å². The molecule has 1 atom stereocenters. The van der Waals surface area contributed by atoms with Crippen LogP contribution in [0.2, 0.25) is 0 Å². The Morgan fingerprint density at radius 3 is 2.26 bits per heavy atom. The molecular formula is C12H24N2O4S. The minimum Gasteiger partial charge on any atom is -0.481 e. The monoisotopic (exact) mass is 292 g/mol. The zero-order valence-corrected chi connectivity index (χ0v) is 12.6. The van der Waals surface area contributed by atoms with Gasteiger partial charge in [0.25, 0.3) is 10.2 Å². The summed E-state index contributed by atoms with van der Waals surface area (Å²) < 4.78 is 28.5. The molecule has 0 radical (unpaired) electrons. The summed E-state index contributed by atoms with van der Waals surface area (Å²) in [6.07, 6.45) is 1.51. The Morgan fingerprint density at radius 2 is 1.89 bits per heavy atom. The van der Waals surface area contributed by atoms with Gasteiger partial charge < -0.3 is 5.11 Å². The van der Waals surface area contributed by atoms with Crippen LogP contribution in [0, 0.1) is 11.8 Å². The normalized spacial score (nSPS) is 20.6. The fourth-order valence-electron chi connectivity index (χ4n) is 2.30. The molecule has 1 fully saturated rings. The first-order chi connectivity index (χ1) is 8.77. The maximum absolute atomic E-state index is 12.2. The standard InChI is InChI=1S/C12H24N2O4S/c1-4-11(9(2)3)13-19(17,18)14-7-5-10(6-8-14)12(15)16/h9-11,13H,4-8H2,1-3H3,(H,15,16). The third-order valence-electron chi connectivity index (χ3n) is 3.69. The number of piperidine rings is 1. The van der Waals surface area contributed by atoms with Gasteiger partial charge in [0.15, 0.2) is 0 Å². The molecule has 19 heavy (non-hydrogen) atoms. The van der Waals surface area contributed by atoms with Crippen LogP contribution in [0.3, 0.4) is 0 Å². The van der Waals surface area contributed by atoms with E-state index in [2.05, 4.69) is 4.72 Å². The van der Waals surface area contributed by atoms with Gasteiger partial charge in [0.05, 0.1) is 5.92 Å². The van der Waals surface area contributed by atoms with E-state index >= 15 is 0 Å². The molecule has 0 saturated carbocycles. The Kier molecular flexibility index (Phi) is 5.76. The highest BCUT2D eigenvalue weighted by atomic mass is 32.2. The molecule has 0 spiro atoms. The Morgan fingerprint density at radius 1 is 1.37 bits per heavy atom. The van der Waals surface area contributed by atoms with E-state index in [1.54, 1.807) is 0 Å².